The van der Waals surface area contributed by atoms with Crippen molar-refractivity contribution in [1.82, 2.24) is 4.90 Å². The number of nitrogens with one attached hydrogen (secondary N) is 1. The normalized spacial score (nSPS) is 16.9. The number of rotatable bonds is 4. The van der Waals surface area contributed by atoms with Crippen molar-refractivity contribution in [2.24, 2.45) is 0 Å². The summed E-state index contributed by atoms with van der Waals surface area (Å²) in [6.07, 6.45) is 5.09. The Morgan fingerprint density at radius 1 is 1.50 bits per heavy atom. The van der Waals surface area contributed by atoms with Crippen molar-refractivity contribution in [3.63, 3.8) is 0 Å². The van der Waals surface area contributed by atoms with Crippen molar-refractivity contribution < 1.29 is 4.79 Å². The molecule has 18 heavy (non-hydrogen) atoms. The summed E-state index contributed by atoms with van der Waals surface area (Å²) in [6, 6.07) is 6.42. The van der Waals surface area contributed by atoms with E-state index in [1.165, 1.54) is 11.3 Å². The van der Waals surface area contributed by atoms with Crippen LogP contribution in [0.4, 0.5) is 5.69 Å². The Hall–Kier alpha value is -1.77. The maximum absolute atomic E-state index is 12.5. The van der Waals surface area contributed by atoms with Crippen LogP contribution in [0.25, 0.3) is 0 Å². The molecule has 1 aromatic rings. The van der Waals surface area contributed by atoms with E-state index in [2.05, 4.69) is 11.9 Å². The Kier molecular flexibility index (Phi) is 2.82. The van der Waals surface area contributed by atoms with E-state index in [0.717, 1.165) is 31.4 Å². The molecule has 0 saturated heterocycles. The standard InChI is InChI=1S/C15H18N2O/c1-2-9-17(13-4-5-13)15(18)12-3-6-14-11(10-12)7-8-16-14/h2-3,6,10,13,16H,1,4-5,7-9H2. The first kappa shape index (κ1) is 11.3. The van der Waals surface area contributed by atoms with E-state index in [-0.39, 0.29) is 5.91 Å². The van der Waals surface area contributed by atoms with Gasteiger partial charge >= 0.3 is 0 Å². The van der Waals surface area contributed by atoms with Gasteiger partial charge in [0.05, 0.1) is 0 Å². The Bertz CT molecular complexity index is 491. The molecule has 1 aromatic carbocycles. The van der Waals surface area contributed by atoms with E-state index >= 15 is 0 Å². The van der Waals surface area contributed by atoms with Gasteiger partial charge in [0.25, 0.3) is 5.91 Å². The summed E-state index contributed by atoms with van der Waals surface area (Å²) >= 11 is 0. The van der Waals surface area contributed by atoms with Crippen molar-refractivity contribution in [3.8, 4) is 0 Å². The van der Waals surface area contributed by atoms with Gasteiger partial charge in [0.1, 0.15) is 0 Å². The van der Waals surface area contributed by atoms with E-state index in [0.29, 0.717) is 12.6 Å². The summed E-state index contributed by atoms with van der Waals surface area (Å²) < 4.78 is 0. The van der Waals surface area contributed by atoms with Gasteiger partial charge in [-0.15, -0.1) is 6.58 Å². The molecule has 0 aromatic heterocycles. The average Bonchev–Trinajstić information content (AvgIpc) is 3.12. The van der Waals surface area contributed by atoms with Gasteiger partial charge in [-0.2, -0.15) is 0 Å². The molecule has 1 heterocycles. The molecule has 1 aliphatic heterocycles. The second-order valence-corrected chi connectivity index (χ2v) is 5.03. The van der Waals surface area contributed by atoms with Gasteiger partial charge < -0.3 is 10.2 Å². The zero-order valence-electron chi connectivity index (χ0n) is 10.5. The first-order valence-electron chi connectivity index (χ1n) is 6.58. The van der Waals surface area contributed by atoms with Crippen LogP contribution < -0.4 is 5.32 Å². The van der Waals surface area contributed by atoms with Gasteiger partial charge in [0, 0.05) is 30.4 Å². The molecule has 0 spiro atoms. The summed E-state index contributed by atoms with van der Waals surface area (Å²) in [5.74, 6) is 0.145. The molecule has 1 N–H and O–H groups in total. The van der Waals surface area contributed by atoms with Crippen LogP contribution in [-0.4, -0.2) is 29.9 Å². The highest BCUT2D eigenvalue weighted by Crippen LogP contribution is 2.29. The Labute approximate surface area is 107 Å². The fraction of sp³-hybridized carbons (Fsp3) is 0.400. The predicted molar refractivity (Wildman–Crippen MR) is 72.9 cm³/mol. The highest BCUT2D eigenvalue weighted by molar-refractivity contribution is 5.95. The number of anilines is 1. The van der Waals surface area contributed by atoms with Crippen molar-refractivity contribution in [2.75, 3.05) is 18.4 Å². The van der Waals surface area contributed by atoms with E-state index in [1.807, 2.05) is 29.2 Å². The minimum absolute atomic E-state index is 0.145. The largest absolute Gasteiger partial charge is 0.384 e. The van der Waals surface area contributed by atoms with Crippen LogP contribution in [-0.2, 0) is 6.42 Å². The maximum Gasteiger partial charge on any atom is 0.254 e. The number of carbonyl (C=O) groups is 1. The molecule has 3 rings (SSSR count). The number of hydrogen-bond acceptors (Lipinski definition) is 2. The minimum Gasteiger partial charge on any atom is -0.384 e. The summed E-state index contributed by atoms with van der Waals surface area (Å²) in [5.41, 5.74) is 3.25. The Morgan fingerprint density at radius 3 is 3.06 bits per heavy atom. The molecular weight excluding hydrogens is 224 g/mol. The smallest absolute Gasteiger partial charge is 0.254 e. The molecule has 1 aliphatic carbocycles. The maximum atomic E-state index is 12.5. The molecule has 0 radical (unpaired) electrons. The van der Waals surface area contributed by atoms with E-state index < -0.39 is 0 Å². The number of hydrogen-bond donors (Lipinski definition) is 1. The quantitative estimate of drug-likeness (QED) is 0.822. The summed E-state index contributed by atoms with van der Waals surface area (Å²) in [4.78, 5) is 14.4. The first-order chi connectivity index (χ1) is 8.79. The fourth-order valence-electron chi connectivity index (χ4n) is 2.53. The van der Waals surface area contributed by atoms with Gasteiger partial charge in [-0.3, -0.25) is 4.79 Å². The first-order valence-corrected chi connectivity index (χ1v) is 6.58. The third kappa shape index (κ3) is 2.01. The molecule has 1 fully saturated rings. The molecule has 0 atom stereocenters. The van der Waals surface area contributed by atoms with Crippen molar-refractivity contribution in [2.45, 2.75) is 25.3 Å². The summed E-state index contributed by atoms with van der Waals surface area (Å²) in [5, 5.41) is 3.31. The zero-order valence-corrected chi connectivity index (χ0v) is 10.5. The summed E-state index contributed by atoms with van der Waals surface area (Å²) in [6.45, 7) is 5.37. The topological polar surface area (TPSA) is 32.3 Å². The molecule has 3 heteroatoms. The van der Waals surface area contributed by atoms with E-state index in [9.17, 15) is 4.79 Å². The monoisotopic (exact) mass is 242 g/mol. The molecular formula is C15H18N2O. The lowest BCUT2D eigenvalue weighted by molar-refractivity contribution is 0.0762. The van der Waals surface area contributed by atoms with Gasteiger partial charge in [-0.1, -0.05) is 6.08 Å². The minimum atomic E-state index is 0.145. The van der Waals surface area contributed by atoms with Crippen LogP contribution in [0, 0.1) is 0 Å². The molecule has 0 bridgehead atoms. The number of nitrogens with zero attached hydrogens (tertiary/aromatic N) is 1. The molecule has 94 valence electrons. The zero-order chi connectivity index (χ0) is 12.5. The van der Waals surface area contributed by atoms with Gasteiger partial charge in [0.15, 0.2) is 0 Å². The fourth-order valence-corrected chi connectivity index (χ4v) is 2.53. The number of benzene rings is 1. The number of amides is 1. The third-order valence-corrected chi connectivity index (χ3v) is 3.64. The predicted octanol–water partition coefficient (Wildman–Crippen LogP) is 2.45. The lowest BCUT2D eigenvalue weighted by Crippen LogP contribution is -2.33. The Balaban J connectivity index is 1.84. The van der Waals surface area contributed by atoms with Gasteiger partial charge in [0.2, 0.25) is 0 Å². The van der Waals surface area contributed by atoms with Crippen LogP contribution >= 0.6 is 0 Å². The van der Waals surface area contributed by atoms with E-state index in [4.69, 9.17) is 0 Å². The molecule has 2 aliphatic rings. The Morgan fingerprint density at radius 2 is 2.33 bits per heavy atom. The van der Waals surface area contributed by atoms with Crippen LogP contribution in [0.3, 0.4) is 0 Å². The second-order valence-electron chi connectivity index (χ2n) is 5.03. The number of fused-ring (bicyclic) bond motifs is 1. The highest BCUT2D eigenvalue weighted by Gasteiger charge is 2.32. The van der Waals surface area contributed by atoms with Gasteiger partial charge in [-0.05, 0) is 43.0 Å². The van der Waals surface area contributed by atoms with Crippen molar-refractivity contribution in [3.05, 3.63) is 42.0 Å². The second kappa shape index (κ2) is 4.48. The van der Waals surface area contributed by atoms with Crippen LogP contribution in [0.2, 0.25) is 0 Å². The molecule has 1 saturated carbocycles. The summed E-state index contributed by atoms with van der Waals surface area (Å²) in [7, 11) is 0. The van der Waals surface area contributed by atoms with Crippen LogP contribution in [0.5, 0.6) is 0 Å². The SMILES string of the molecule is C=CCN(C(=O)c1ccc2c(c1)CCN2)C1CC1. The molecule has 3 nitrogen and oxygen atoms in total. The van der Waals surface area contributed by atoms with Crippen molar-refractivity contribution in [1.29, 1.82) is 0 Å². The van der Waals surface area contributed by atoms with Crippen LogP contribution in [0.15, 0.2) is 30.9 Å². The lowest BCUT2D eigenvalue weighted by atomic mass is 10.1. The highest BCUT2D eigenvalue weighted by atomic mass is 16.2. The van der Waals surface area contributed by atoms with Crippen molar-refractivity contribution >= 4 is 11.6 Å². The lowest BCUT2D eigenvalue weighted by Gasteiger charge is -2.21. The van der Waals surface area contributed by atoms with Gasteiger partial charge in [-0.25, -0.2) is 0 Å². The van der Waals surface area contributed by atoms with E-state index in [1.54, 1.807) is 0 Å². The number of carbonyl (C=O) groups excluding carboxylic acids is 1. The van der Waals surface area contributed by atoms with Crippen LogP contribution in [0.1, 0.15) is 28.8 Å². The molecule has 1 amide bonds. The average molecular weight is 242 g/mol. The third-order valence-electron chi connectivity index (χ3n) is 3.64. The molecule has 0 unspecified atom stereocenters.